The fourth-order valence-corrected chi connectivity index (χ4v) is 5.78. The summed E-state index contributed by atoms with van der Waals surface area (Å²) in [5, 5.41) is 6.51. The molecule has 8 heteroatoms. The highest BCUT2D eigenvalue weighted by molar-refractivity contribution is 7.89. The Morgan fingerprint density at radius 1 is 1.03 bits per heavy atom. The third-order valence-corrected chi connectivity index (χ3v) is 7.84. The number of aromatic nitrogens is 2. The maximum absolute atomic E-state index is 13.3. The zero-order chi connectivity index (χ0) is 21.1. The molecule has 30 heavy (non-hydrogen) atoms. The Balaban J connectivity index is 1.52. The number of hydrogen-bond acceptors (Lipinski definition) is 4. The molecule has 1 aromatic heterocycles. The summed E-state index contributed by atoms with van der Waals surface area (Å²) in [5.74, 6) is 0.464. The molecule has 156 valence electrons. The van der Waals surface area contributed by atoms with Gasteiger partial charge in [-0.1, -0.05) is 48.0 Å². The maximum Gasteiger partial charge on any atom is 0.264 e. The molecule has 1 aliphatic rings. The molecule has 0 bridgehead atoms. The lowest BCUT2D eigenvalue weighted by molar-refractivity contribution is 0.273. The van der Waals surface area contributed by atoms with Gasteiger partial charge in [0, 0.05) is 24.7 Å². The number of benzene rings is 2. The summed E-state index contributed by atoms with van der Waals surface area (Å²) < 4.78 is 28.1. The Morgan fingerprint density at radius 2 is 1.77 bits per heavy atom. The second kappa shape index (κ2) is 8.71. The number of nitrogens with zero attached hydrogens (tertiary/aromatic N) is 2. The Labute approximate surface area is 180 Å². The van der Waals surface area contributed by atoms with Crippen LogP contribution in [0, 0.1) is 5.92 Å². The summed E-state index contributed by atoms with van der Waals surface area (Å²) >= 11 is 6.26. The van der Waals surface area contributed by atoms with Crippen LogP contribution in [-0.2, 0) is 16.4 Å². The number of rotatable bonds is 5. The number of halogens is 1. The van der Waals surface area contributed by atoms with E-state index in [1.165, 1.54) is 22.0 Å². The zero-order valence-electron chi connectivity index (χ0n) is 16.3. The van der Waals surface area contributed by atoms with Gasteiger partial charge in [-0.3, -0.25) is 4.79 Å². The van der Waals surface area contributed by atoms with E-state index in [1.807, 2.05) is 18.2 Å². The second-order valence-corrected chi connectivity index (χ2v) is 9.80. The van der Waals surface area contributed by atoms with Crippen LogP contribution in [-0.4, -0.2) is 36.0 Å². The molecule has 0 amide bonds. The van der Waals surface area contributed by atoms with Gasteiger partial charge < -0.3 is 0 Å². The summed E-state index contributed by atoms with van der Waals surface area (Å²) in [6, 6.07) is 17.9. The molecule has 2 heterocycles. The molecule has 1 aliphatic heterocycles. The molecule has 4 rings (SSSR count). The van der Waals surface area contributed by atoms with Crippen molar-refractivity contribution in [2.45, 2.75) is 24.2 Å². The maximum atomic E-state index is 13.3. The summed E-state index contributed by atoms with van der Waals surface area (Å²) in [6.07, 6.45) is 2.59. The van der Waals surface area contributed by atoms with E-state index >= 15 is 0 Å². The van der Waals surface area contributed by atoms with Gasteiger partial charge in [-0.05, 0) is 48.9 Å². The third-order valence-electron chi connectivity index (χ3n) is 5.46. The van der Waals surface area contributed by atoms with E-state index in [9.17, 15) is 13.2 Å². The van der Waals surface area contributed by atoms with Gasteiger partial charge in [0.15, 0.2) is 0 Å². The van der Waals surface area contributed by atoms with Crippen LogP contribution in [0.1, 0.15) is 18.4 Å². The molecule has 1 N–H and O–H groups in total. The Morgan fingerprint density at radius 3 is 2.43 bits per heavy atom. The first kappa shape index (κ1) is 20.8. The van der Waals surface area contributed by atoms with Crippen molar-refractivity contribution in [3.8, 4) is 11.3 Å². The Hall–Kier alpha value is -2.48. The third kappa shape index (κ3) is 4.48. The smallest absolute Gasteiger partial charge is 0.264 e. The molecule has 0 spiro atoms. The van der Waals surface area contributed by atoms with E-state index < -0.39 is 10.0 Å². The van der Waals surface area contributed by atoms with Crippen LogP contribution < -0.4 is 5.56 Å². The van der Waals surface area contributed by atoms with Crippen LogP contribution in [0.25, 0.3) is 11.3 Å². The average molecular weight is 444 g/mol. The highest BCUT2D eigenvalue weighted by atomic mass is 35.5. The molecular formula is C22H22ClN3O3S. The van der Waals surface area contributed by atoms with Gasteiger partial charge in [0.05, 0.1) is 10.7 Å². The van der Waals surface area contributed by atoms with Gasteiger partial charge in [-0.2, -0.15) is 9.40 Å². The van der Waals surface area contributed by atoms with Crippen molar-refractivity contribution in [1.29, 1.82) is 0 Å². The summed E-state index contributed by atoms with van der Waals surface area (Å²) in [7, 11) is -3.73. The van der Waals surface area contributed by atoms with Gasteiger partial charge in [0.1, 0.15) is 4.90 Å². The molecule has 1 fully saturated rings. The fourth-order valence-electron chi connectivity index (χ4n) is 3.81. The van der Waals surface area contributed by atoms with Gasteiger partial charge in [0.2, 0.25) is 10.0 Å². The Bertz CT molecular complexity index is 1170. The fraction of sp³-hybridized carbons (Fsp3) is 0.273. The van der Waals surface area contributed by atoms with E-state index in [-0.39, 0.29) is 15.5 Å². The number of aromatic amines is 1. The van der Waals surface area contributed by atoms with Crippen LogP contribution in [0.2, 0.25) is 5.02 Å². The molecule has 2 aromatic carbocycles. The van der Waals surface area contributed by atoms with Crippen molar-refractivity contribution in [3.05, 3.63) is 81.6 Å². The number of sulfonamides is 1. The molecule has 0 unspecified atom stereocenters. The zero-order valence-corrected chi connectivity index (χ0v) is 17.9. The largest absolute Gasteiger partial charge is 0.268 e. The van der Waals surface area contributed by atoms with E-state index in [2.05, 4.69) is 22.3 Å². The lowest BCUT2D eigenvalue weighted by atomic mass is 9.91. The first-order chi connectivity index (χ1) is 14.4. The highest BCUT2D eigenvalue weighted by Gasteiger charge is 2.31. The predicted octanol–water partition coefficient (Wildman–Crippen LogP) is 3.73. The van der Waals surface area contributed by atoms with Gasteiger partial charge in [0.25, 0.3) is 5.56 Å². The van der Waals surface area contributed by atoms with E-state index in [1.54, 1.807) is 18.2 Å². The number of H-pyrrole nitrogens is 1. The molecular weight excluding hydrogens is 422 g/mol. The van der Waals surface area contributed by atoms with Crippen molar-refractivity contribution < 1.29 is 8.42 Å². The van der Waals surface area contributed by atoms with Crippen LogP contribution in [0.4, 0.5) is 0 Å². The summed E-state index contributed by atoms with van der Waals surface area (Å²) in [5.41, 5.74) is 2.01. The predicted molar refractivity (Wildman–Crippen MR) is 117 cm³/mol. The van der Waals surface area contributed by atoms with E-state index in [0.717, 1.165) is 19.3 Å². The molecule has 0 aliphatic carbocycles. The van der Waals surface area contributed by atoms with E-state index in [4.69, 9.17) is 11.6 Å². The summed E-state index contributed by atoms with van der Waals surface area (Å²) in [6.45, 7) is 0.939. The minimum Gasteiger partial charge on any atom is -0.268 e. The van der Waals surface area contributed by atoms with Gasteiger partial charge >= 0.3 is 0 Å². The van der Waals surface area contributed by atoms with Crippen LogP contribution >= 0.6 is 11.6 Å². The normalized spacial score (nSPS) is 15.9. The van der Waals surface area contributed by atoms with Crippen LogP contribution in [0.5, 0.6) is 0 Å². The topological polar surface area (TPSA) is 83.1 Å². The summed E-state index contributed by atoms with van der Waals surface area (Å²) in [4.78, 5) is 11.3. The van der Waals surface area contributed by atoms with Crippen molar-refractivity contribution in [1.82, 2.24) is 14.5 Å². The lowest BCUT2D eigenvalue weighted by Crippen LogP contribution is -2.39. The molecule has 1 saturated heterocycles. The molecule has 0 saturated carbocycles. The second-order valence-electron chi connectivity index (χ2n) is 7.49. The van der Waals surface area contributed by atoms with Crippen LogP contribution in [0.3, 0.4) is 0 Å². The highest BCUT2D eigenvalue weighted by Crippen LogP contribution is 2.32. The molecule has 0 atom stereocenters. The standard InChI is InChI=1S/C22H22ClN3O3S/c23-19-7-6-18(20-8-9-22(27)25-24-20)15-21(19)30(28,29)26-12-10-17(11-13-26)14-16-4-2-1-3-5-16/h1-9,15,17H,10-14H2,(H,25,27). The molecule has 6 nitrogen and oxygen atoms in total. The lowest BCUT2D eigenvalue weighted by Gasteiger charge is -2.31. The number of hydrogen-bond donors (Lipinski definition) is 1. The monoisotopic (exact) mass is 443 g/mol. The van der Waals surface area contributed by atoms with Gasteiger partial charge in [-0.25, -0.2) is 13.5 Å². The van der Waals surface area contributed by atoms with Crippen molar-refractivity contribution in [2.24, 2.45) is 5.92 Å². The minimum atomic E-state index is -3.73. The van der Waals surface area contributed by atoms with Crippen LogP contribution in [0.15, 0.2) is 70.4 Å². The minimum absolute atomic E-state index is 0.0659. The SMILES string of the molecule is O=c1ccc(-c2ccc(Cl)c(S(=O)(=O)N3CCC(Cc4ccccc4)CC3)c2)n[nH]1. The average Bonchev–Trinajstić information content (AvgIpc) is 2.76. The van der Waals surface area contributed by atoms with Crippen molar-refractivity contribution in [3.63, 3.8) is 0 Å². The molecule has 3 aromatic rings. The quantitative estimate of drug-likeness (QED) is 0.651. The van der Waals surface area contributed by atoms with E-state index in [0.29, 0.717) is 30.3 Å². The van der Waals surface area contributed by atoms with Crippen molar-refractivity contribution in [2.75, 3.05) is 13.1 Å². The first-order valence-electron chi connectivity index (χ1n) is 9.83. The van der Waals surface area contributed by atoms with Crippen molar-refractivity contribution >= 4 is 21.6 Å². The molecule has 0 radical (unpaired) electrons. The first-order valence-corrected chi connectivity index (χ1v) is 11.6. The number of piperidine rings is 1. The Kier molecular flexibility index (Phi) is 6.04. The van der Waals surface area contributed by atoms with Gasteiger partial charge in [-0.15, -0.1) is 0 Å². The number of nitrogens with one attached hydrogen (secondary N) is 1.